The van der Waals surface area contributed by atoms with Crippen molar-refractivity contribution in [3.8, 4) is 5.88 Å². The van der Waals surface area contributed by atoms with E-state index in [0.29, 0.717) is 0 Å². The fourth-order valence-corrected chi connectivity index (χ4v) is 1.10. The molecule has 1 rings (SSSR count). The van der Waals surface area contributed by atoms with Crippen LogP contribution in [0.4, 0.5) is 4.79 Å². The van der Waals surface area contributed by atoms with Gasteiger partial charge in [-0.2, -0.15) is 0 Å². The van der Waals surface area contributed by atoms with Crippen molar-refractivity contribution in [3.05, 3.63) is 32.5 Å². The zero-order valence-electron chi connectivity index (χ0n) is 9.40. The van der Waals surface area contributed by atoms with Crippen LogP contribution in [0.25, 0.3) is 6.08 Å². The highest BCUT2D eigenvalue weighted by Gasteiger charge is 2.12. The number of hydrogen-bond donors (Lipinski definition) is 2. The summed E-state index contributed by atoms with van der Waals surface area (Å²) >= 11 is 0. The quantitative estimate of drug-likeness (QED) is 0.754. The van der Waals surface area contributed by atoms with E-state index in [1.54, 1.807) is 19.9 Å². The topological polar surface area (TPSA) is 101 Å². The average molecular weight is 240 g/mol. The highest BCUT2D eigenvalue weighted by molar-refractivity contribution is 5.65. The third-order valence-electron chi connectivity index (χ3n) is 1.72. The van der Waals surface area contributed by atoms with Crippen LogP contribution in [0.15, 0.2) is 15.7 Å². The van der Waals surface area contributed by atoms with E-state index >= 15 is 0 Å². The predicted molar refractivity (Wildman–Crippen MR) is 60.0 cm³/mol. The van der Waals surface area contributed by atoms with Crippen LogP contribution in [0.1, 0.15) is 19.4 Å². The van der Waals surface area contributed by atoms with E-state index in [0.717, 1.165) is 0 Å². The first kappa shape index (κ1) is 12.8. The van der Waals surface area contributed by atoms with Gasteiger partial charge in [0.1, 0.15) is 5.56 Å². The van der Waals surface area contributed by atoms with Crippen LogP contribution in [0.5, 0.6) is 5.88 Å². The summed E-state index contributed by atoms with van der Waals surface area (Å²) in [4.78, 5) is 37.8. The second kappa shape index (κ2) is 5.69. The van der Waals surface area contributed by atoms with Crippen LogP contribution in [0.3, 0.4) is 0 Å². The molecule has 92 valence electrons. The molecule has 0 amide bonds. The molecule has 0 saturated carbocycles. The van der Waals surface area contributed by atoms with Gasteiger partial charge in [-0.05, 0) is 19.9 Å². The van der Waals surface area contributed by atoms with Crippen molar-refractivity contribution in [1.82, 2.24) is 9.97 Å². The van der Waals surface area contributed by atoms with E-state index in [2.05, 4.69) is 9.72 Å². The molecule has 0 saturated heterocycles. The summed E-state index contributed by atoms with van der Waals surface area (Å²) in [6, 6.07) is 0. The number of aromatic nitrogens is 2. The summed E-state index contributed by atoms with van der Waals surface area (Å²) in [6.07, 6.45) is 1.99. The lowest BCUT2D eigenvalue weighted by molar-refractivity contribution is 0.102. The zero-order valence-corrected chi connectivity index (χ0v) is 9.40. The molecule has 0 bridgehead atoms. The van der Waals surface area contributed by atoms with Crippen LogP contribution in [0.2, 0.25) is 0 Å². The summed E-state index contributed by atoms with van der Waals surface area (Å²) < 4.78 is 9.25. The summed E-state index contributed by atoms with van der Waals surface area (Å²) in [7, 11) is 0. The highest BCUT2D eigenvalue weighted by atomic mass is 16.7. The number of hydrogen-bond acceptors (Lipinski definition) is 5. The van der Waals surface area contributed by atoms with Gasteiger partial charge >= 0.3 is 11.8 Å². The minimum Gasteiger partial charge on any atom is -0.434 e. The Balaban J connectivity index is 3.17. The summed E-state index contributed by atoms with van der Waals surface area (Å²) in [5.41, 5.74) is -1.37. The predicted octanol–water partition coefficient (Wildman–Crippen LogP) is 0.632. The summed E-state index contributed by atoms with van der Waals surface area (Å²) in [6.45, 7) is 3.42. The van der Waals surface area contributed by atoms with Gasteiger partial charge in [-0.1, -0.05) is 6.08 Å². The Hall–Kier alpha value is -2.31. The Labute approximate surface area is 96.1 Å². The molecular weight excluding hydrogens is 228 g/mol. The molecule has 17 heavy (non-hydrogen) atoms. The van der Waals surface area contributed by atoms with E-state index in [1.165, 1.54) is 6.08 Å². The number of aromatic amines is 2. The largest absolute Gasteiger partial charge is 0.515 e. The molecule has 0 aliphatic carbocycles. The van der Waals surface area contributed by atoms with Gasteiger partial charge in [-0.3, -0.25) is 14.8 Å². The highest BCUT2D eigenvalue weighted by Crippen LogP contribution is 2.10. The number of H-pyrrole nitrogens is 2. The molecule has 1 heterocycles. The van der Waals surface area contributed by atoms with Gasteiger partial charge in [0.2, 0.25) is 5.88 Å². The number of allylic oxidation sites excluding steroid dienone is 1. The number of rotatable bonds is 3. The fourth-order valence-electron chi connectivity index (χ4n) is 1.10. The fraction of sp³-hybridized carbons (Fsp3) is 0.300. The smallest absolute Gasteiger partial charge is 0.434 e. The van der Waals surface area contributed by atoms with E-state index in [4.69, 9.17) is 4.74 Å². The first-order valence-electron chi connectivity index (χ1n) is 4.92. The van der Waals surface area contributed by atoms with E-state index < -0.39 is 17.4 Å². The summed E-state index contributed by atoms with van der Waals surface area (Å²) in [5.74, 6) is -0.240. The minimum atomic E-state index is -0.987. The number of nitrogens with one attached hydrogen (secondary N) is 2. The molecule has 7 heteroatoms. The van der Waals surface area contributed by atoms with Crippen LogP contribution < -0.4 is 16.0 Å². The number of carbonyl (C=O) groups is 1. The Kier molecular flexibility index (Phi) is 4.27. The lowest BCUT2D eigenvalue weighted by atomic mass is 10.3. The molecule has 0 radical (unpaired) electrons. The van der Waals surface area contributed by atoms with Crippen molar-refractivity contribution in [2.45, 2.75) is 13.8 Å². The van der Waals surface area contributed by atoms with E-state index in [1.807, 2.05) is 4.98 Å². The molecule has 0 aromatic carbocycles. The van der Waals surface area contributed by atoms with Crippen molar-refractivity contribution in [2.24, 2.45) is 0 Å². The Bertz CT molecular complexity index is 540. The maximum atomic E-state index is 11.4. The van der Waals surface area contributed by atoms with Gasteiger partial charge in [0, 0.05) is 0 Å². The van der Waals surface area contributed by atoms with Crippen LogP contribution in [-0.4, -0.2) is 22.7 Å². The van der Waals surface area contributed by atoms with Gasteiger partial charge < -0.3 is 9.47 Å². The Morgan fingerprint density at radius 1 is 1.35 bits per heavy atom. The van der Waals surface area contributed by atoms with Crippen LogP contribution in [0, 0.1) is 0 Å². The SMILES string of the molecule is C/C=C/c1c(OC(=O)OCC)[nH]c(=O)[nH]c1=O. The maximum Gasteiger partial charge on any atom is 0.515 e. The van der Waals surface area contributed by atoms with Gasteiger partial charge in [-0.15, -0.1) is 0 Å². The third kappa shape index (κ3) is 3.33. The maximum absolute atomic E-state index is 11.4. The lowest BCUT2D eigenvalue weighted by Gasteiger charge is -2.05. The zero-order chi connectivity index (χ0) is 12.8. The summed E-state index contributed by atoms with van der Waals surface area (Å²) in [5, 5.41) is 0. The monoisotopic (exact) mass is 240 g/mol. The standard InChI is InChI=1S/C10H12N2O5/c1-3-5-6-7(13)11-9(14)12-8(6)17-10(15)16-4-2/h3,5H,4H2,1-2H3,(H2,11,12,13,14)/b5-3+. The molecule has 0 atom stereocenters. The van der Waals surface area contributed by atoms with Gasteiger partial charge in [0.15, 0.2) is 0 Å². The molecule has 2 N–H and O–H groups in total. The second-order valence-electron chi connectivity index (χ2n) is 2.94. The molecule has 1 aromatic heterocycles. The van der Waals surface area contributed by atoms with Gasteiger partial charge in [0.05, 0.1) is 6.61 Å². The average Bonchev–Trinajstić information content (AvgIpc) is 2.23. The van der Waals surface area contributed by atoms with Crippen molar-refractivity contribution in [1.29, 1.82) is 0 Å². The van der Waals surface area contributed by atoms with Crippen LogP contribution in [-0.2, 0) is 4.74 Å². The molecule has 0 spiro atoms. The van der Waals surface area contributed by atoms with Crippen molar-refractivity contribution < 1.29 is 14.3 Å². The van der Waals surface area contributed by atoms with E-state index in [-0.39, 0.29) is 18.1 Å². The molecule has 0 unspecified atom stereocenters. The Morgan fingerprint density at radius 2 is 2.06 bits per heavy atom. The number of carbonyl (C=O) groups excluding carboxylic acids is 1. The second-order valence-corrected chi connectivity index (χ2v) is 2.94. The molecule has 1 aromatic rings. The third-order valence-corrected chi connectivity index (χ3v) is 1.72. The molecular formula is C10H12N2O5. The molecule has 0 aliphatic rings. The van der Waals surface area contributed by atoms with Crippen LogP contribution >= 0.6 is 0 Å². The molecule has 7 nitrogen and oxygen atoms in total. The molecule has 0 aliphatic heterocycles. The Morgan fingerprint density at radius 3 is 2.65 bits per heavy atom. The normalized spacial score (nSPS) is 10.5. The lowest BCUT2D eigenvalue weighted by Crippen LogP contribution is -2.26. The number of ether oxygens (including phenoxy) is 2. The first-order valence-corrected chi connectivity index (χ1v) is 4.92. The first-order chi connectivity index (χ1) is 8.08. The van der Waals surface area contributed by atoms with Crippen molar-refractivity contribution in [2.75, 3.05) is 6.61 Å². The van der Waals surface area contributed by atoms with E-state index in [9.17, 15) is 14.4 Å². The van der Waals surface area contributed by atoms with Crippen molar-refractivity contribution in [3.63, 3.8) is 0 Å². The van der Waals surface area contributed by atoms with Crippen molar-refractivity contribution >= 4 is 12.2 Å². The van der Waals surface area contributed by atoms with Gasteiger partial charge in [-0.25, -0.2) is 9.59 Å². The van der Waals surface area contributed by atoms with Gasteiger partial charge in [0.25, 0.3) is 5.56 Å². The molecule has 0 fully saturated rings. The minimum absolute atomic E-state index is 0.0418.